The Labute approximate surface area is 174 Å². The van der Waals surface area contributed by atoms with Crippen molar-refractivity contribution >= 4 is 24.4 Å². The highest BCUT2D eigenvalue weighted by Crippen LogP contribution is 2.54. The number of carbonyl (C=O) groups excluding carboxylic acids is 2. The van der Waals surface area contributed by atoms with Crippen molar-refractivity contribution in [2.75, 3.05) is 20.4 Å². The normalized spacial score (nSPS) is 32.9. The Balaban J connectivity index is 1.84. The predicted octanol–water partition coefficient (Wildman–Crippen LogP) is 1.85. The number of rotatable bonds is 4. The van der Waals surface area contributed by atoms with Crippen LogP contribution in [0.4, 0.5) is 0 Å². The van der Waals surface area contributed by atoms with Gasteiger partial charge in [-0.2, -0.15) is 5.26 Å². The summed E-state index contributed by atoms with van der Waals surface area (Å²) in [6.07, 6.45) is 1.72. The van der Waals surface area contributed by atoms with Gasteiger partial charge in [-0.1, -0.05) is 12.1 Å². The van der Waals surface area contributed by atoms with Crippen molar-refractivity contribution in [1.29, 1.82) is 5.26 Å². The summed E-state index contributed by atoms with van der Waals surface area (Å²) in [5, 5.41) is 8.21. The van der Waals surface area contributed by atoms with Crippen molar-refractivity contribution in [3.05, 3.63) is 36.4 Å². The Morgan fingerprint density at radius 3 is 2.79 bits per heavy atom. The van der Waals surface area contributed by atoms with Gasteiger partial charge in [0, 0.05) is 13.7 Å². The van der Waals surface area contributed by atoms with Crippen molar-refractivity contribution in [1.82, 2.24) is 9.80 Å². The fraction of sp³-hybridized carbons (Fsp3) is 0.450. The average molecular weight is 415 g/mol. The van der Waals surface area contributed by atoms with E-state index in [1.807, 2.05) is 0 Å². The molecule has 1 aromatic carbocycles. The molecule has 0 N–H and O–H groups in total. The summed E-state index contributed by atoms with van der Waals surface area (Å²) in [7, 11) is 1.32. The second-order valence-corrected chi connectivity index (χ2v) is 8.13. The summed E-state index contributed by atoms with van der Waals surface area (Å²) in [5.74, 6) is 0.322. The summed E-state index contributed by atoms with van der Waals surface area (Å²) in [5.41, 5.74) is -0.304. The van der Waals surface area contributed by atoms with Gasteiger partial charge in [0.15, 0.2) is 11.5 Å². The molecule has 3 aliphatic rings. The first-order valence-corrected chi connectivity index (χ1v) is 9.59. The number of piperazine rings is 1. The Hall–Kier alpha value is -2.70. The summed E-state index contributed by atoms with van der Waals surface area (Å²) in [6, 6.07) is 6.15. The molecule has 29 heavy (non-hydrogen) atoms. The molecule has 0 spiro atoms. The van der Waals surface area contributed by atoms with Crippen LogP contribution in [-0.4, -0.2) is 53.2 Å². The molecule has 2 saturated heterocycles. The molecule has 4 atom stereocenters. The van der Waals surface area contributed by atoms with Crippen LogP contribution >= 0.6 is 12.6 Å². The molecule has 0 aliphatic carbocycles. The highest BCUT2D eigenvalue weighted by Gasteiger charge is 2.64. The molecule has 3 heterocycles. The van der Waals surface area contributed by atoms with Crippen LogP contribution in [0.5, 0.6) is 11.5 Å². The molecule has 8 nitrogen and oxygen atoms in total. The fourth-order valence-electron chi connectivity index (χ4n) is 4.44. The monoisotopic (exact) mass is 415 g/mol. The molecular formula is C20H21N3O5S. The molecular weight excluding hydrogens is 394 g/mol. The number of amides is 2. The van der Waals surface area contributed by atoms with E-state index in [0.717, 1.165) is 0 Å². The van der Waals surface area contributed by atoms with E-state index >= 15 is 0 Å². The lowest BCUT2D eigenvalue weighted by atomic mass is 9.79. The van der Waals surface area contributed by atoms with Crippen molar-refractivity contribution < 1.29 is 23.8 Å². The minimum absolute atomic E-state index is 0.101. The van der Waals surface area contributed by atoms with Gasteiger partial charge in [0.1, 0.15) is 6.04 Å². The quantitative estimate of drug-likeness (QED) is 0.458. The molecule has 2 amide bonds. The van der Waals surface area contributed by atoms with Gasteiger partial charge in [-0.05, 0) is 31.0 Å². The van der Waals surface area contributed by atoms with E-state index < -0.39 is 28.5 Å². The van der Waals surface area contributed by atoms with Crippen molar-refractivity contribution in [2.24, 2.45) is 5.41 Å². The van der Waals surface area contributed by atoms with Gasteiger partial charge in [0.2, 0.25) is 12.7 Å². The number of ether oxygens (including phenoxy) is 3. The van der Waals surface area contributed by atoms with Gasteiger partial charge in [-0.25, -0.2) is 0 Å². The van der Waals surface area contributed by atoms with Crippen LogP contribution in [0.1, 0.15) is 24.9 Å². The first kappa shape index (κ1) is 19.6. The SMILES string of the molecule is C=CCN1C(=O)C2C[C@](C)(C#N)C(c3ccc4c(c3)OCO4)N2C(=O)[C@@]1(S)OC. The Kier molecular flexibility index (Phi) is 4.52. The largest absolute Gasteiger partial charge is 0.454 e. The lowest BCUT2D eigenvalue weighted by Crippen LogP contribution is -2.68. The van der Waals surface area contributed by atoms with Crippen LogP contribution in [0.15, 0.2) is 30.9 Å². The second kappa shape index (κ2) is 6.68. The molecule has 9 heteroatoms. The molecule has 4 rings (SSSR count). The molecule has 0 bridgehead atoms. The van der Waals surface area contributed by atoms with Crippen LogP contribution < -0.4 is 9.47 Å². The van der Waals surface area contributed by atoms with Crippen molar-refractivity contribution in [2.45, 2.75) is 30.5 Å². The maximum atomic E-state index is 13.5. The smallest absolute Gasteiger partial charge is 0.288 e. The number of thiol groups is 1. The maximum Gasteiger partial charge on any atom is 0.288 e. The van der Waals surface area contributed by atoms with Gasteiger partial charge in [0.05, 0.1) is 17.5 Å². The lowest BCUT2D eigenvalue weighted by molar-refractivity contribution is -0.185. The zero-order valence-electron chi connectivity index (χ0n) is 16.1. The van der Waals surface area contributed by atoms with Crippen LogP contribution in [0.25, 0.3) is 0 Å². The number of methoxy groups -OCH3 is 1. The Morgan fingerprint density at radius 1 is 1.41 bits per heavy atom. The van der Waals surface area contributed by atoms with Crippen LogP contribution in [-0.2, 0) is 14.3 Å². The van der Waals surface area contributed by atoms with Gasteiger partial charge < -0.3 is 19.1 Å². The van der Waals surface area contributed by atoms with E-state index in [0.29, 0.717) is 17.1 Å². The van der Waals surface area contributed by atoms with Gasteiger partial charge >= 0.3 is 0 Å². The molecule has 0 aromatic heterocycles. The molecule has 0 saturated carbocycles. The minimum atomic E-state index is -1.78. The first-order chi connectivity index (χ1) is 13.8. The summed E-state index contributed by atoms with van der Waals surface area (Å²) in [4.78, 5) is 29.5. The molecule has 2 fully saturated rings. The molecule has 152 valence electrons. The van der Waals surface area contributed by atoms with Crippen molar-refractivity contribution in [3.63, 3.8) is 0 Å². The van der Waals surface area contributed by atoms with E-state index in [4.69, 9.17) is 14.2 Å². The fourth-order valence-corrected chi connectivity index (χ4v) is 4.73. The molecule has 0 radical (unpaired) electrons. The van der Waals surface area contributed by atoms with Crippen molar-refractivity contribution in [3.8, 4) is 17.6 Å². The summed E-state index contributed by atoms with van der Waals surface area (Å²) < 4.78 is 16.2. The first-order valence-electron chi connectivity index (χ1n) is 9.14. The van der Waals surface area contributed by atoms with E-state index in [2.05, 4.69) is 25.3 Å². The van der Waals surface area contributed by atoms with Gasteiger partial charge in [0.25, 0.3) is 11.0 Å². The highest BCUT2D eigenvalue weighted by molar-refractivity contribution is 7.82. The van der Waals surface area contributed by atoms with Crippen LogP contribution in [0.2, 0.25) is 0 Å². The minimum Gasteiger partial charge on any atom is -0.454 e. The average Bonchev–Trinajstić information content (AvgIpc) is 3.31. The third-order valence-corrected chi connectivity index (χ3v) is 6.44. The lowest BCUT2D eigenvalue weighted by Gasteiger charge is -2.48. The van der Waals surface area contributed by atoms with Gasteiger partial charge in [-0.3, -0.25) is 14.5 Å². The molecule has 1 aromatic rings. The number of benzene rings is 1. The maximum absolute atomic E-state index is 13.5. The third-order valence-electron chi connectivity index (χ3n) is 5.83. The number of carbonyl (C=O) groups is 2. The second-order valence-electron chi connectivity index (χ2n) is 7.53. The summed E-state index contributed by atoms with van der Waals surface area (Å²) >= 11 is 4.44. The number of fused-ring (bicyclic) bond motifs is 2. The Bertz CT molecular complexity index is 947. The number of nitrogens with zero attached hydrogens (tertiary/aromatic N) is 3. The number of nitriles is 1. The predicted molar refractivity (Wildman–Crippen MR) is 105 cm³/mol. The topological polar surface area (TPSA) is 92.1 Å². The molecule has 2 unspecified atom stereocenters. The van der Waals surface area contributed by atoms with E-state index in [9.17, 15) is 14.9 Å². The van der Waals surface area contributed by atoms with E-state index in [1.54, 1.807) is 25.1 Å². The standard InChI is InChI=1S/C20H21N3O5S/c1-4-7-22-17(24)13-9-19(2,10-21)16(23(13)18(25)20(22,29)26-3)12-5-6-14-15(8-12)28-11-27-14/h4-6,8,13,16,29H,1,7,9,11H2,2-3H3/t13?,16?,19-,20+/m1/s1. The number of hydrogen-bond acceptors (Lipinski definition) is 7. The molecule has 3 aliphatic heterocycles. The zero-order valence-corrected chi connectivity index (χ0v) is 17.0. The van der Waals surface area contributed by atoms with Gasteiger partial charge in [-0.15, -0.1) is 19.2 Å². The number of hydrogen-bond donors (Lipinski definition) is 1. The summed E-state index contributed by atoms with van der Waals surface area (Å²) in [6.45, 7) is 5.62. The zero-order chi connectivity index (χ0) is 21.0. The Morgan fingerprint density at radius 2 is 2.14 bits per heavy atom. The van der Waals surface area contributed by atoms with E-state index in [-0.39, 0.29) is 25.7 Å². The van der Waals surface area contributed by atoms with Crippen LogP contribution in [0.3, 0.4) is 0 Å². The third kappa shape index (κ3) is 2.63. The van der Waals surface area contributed by atoms with Crippen LogP contribution in [0, 0.1) is 16.7 Å². The van der Waals surface area contributed by atoms with E-state index in [1.165, 1.54) is 23.0 Å². The highest BCUT2D eigenvalue weighted by atomic mass is 32.1.